The molecule has 4 nitrogen and oxygen atoms in total. The van der Waals surface area contributed by atoms with Crippen LogP contribution in [0.3, 0.4) is 0 Å². The predicted octanol–water partition coefficient (Wildman–Crippen LogP) is 0.887. The third-order valence-corrected chi connectivity index (χ3v) is 6.14. The molecule has 1 spiro atoms. The summed E-state index contributed by atoms with van der Waals surface area (Å²) in [6, 6.07) is 0. The van der Waals surface area contributed by atoms with Gasteiger partial charge in [-0.1, -0.05) is 6.92 Å². The van der Waals surface area contributed by atoms with E-state index >= 15 is 0 Å². The molecular weight excluding hydrogens is 248 g/mol. The quantitative estimate of drug-likeness (QED) is 0.827. The lowest BCUT2D eigenvalue weighted by Gasteiger charge is -2.45. The van der Waals surface area contributed by atoms with Crippen LogP contribution in [0.4, 0.5) is 0 Å². The molecule has 0 aromatic rings. The molecule has 2 saturated heterocycles. The van der Waals surface area contributed by atoms with E-state index in [-0.39, 0.29) is 5.75 Å². The first-order chi connectivity index (χ1) is 8.55. The minimum atomic E-state index is -2.82. The van der Waals surface area contributed by atoms with E-state index in [2.05, 4.69) is 10.2 Å². The molecule has 1 unspecified atom stereocenters. The van der Waals surface area contributed by atoms with Crippen molar-refractivity contribution in [1.82, 2.24) is 10.2 Å². The number of hydrogen-bond donors (Lipinski definition) is 1. The molecule has 0 aromatic heterocycles. The fourth-order valence-corrected chi connectivity index (χ4v) is 4.12. The van der Waals surface area contributed by atoms with Gasteiger partial charge in [-0.2, -0.15) is 0 Å². The molecule has 1 atom stereocenters. The van der Waals surface area contributed by atoms with Crippen molar-refractivity contribution in [2.24, 2.45) is 5.41 Å². The number of piperidine rings is 2. The second kappa shape index (κ2) is 5.88. The zero-order valence-electron chi connectivity index (χ0n) is 11.5. The lowest BCUT2D eigenvalue weighted by molar-refractivity contribution is 0.0685. The Morgan fingerprint density at radius 3 is 2.72 bits per heavy atom. The van der Waals surface area contributed by atoms with Gasteiger partial charge in [-0.15, -0.1) is 0 Å². The van der Waals surface area contributed by atoms with Crippen molar-refractivity contribution in [3.8, 4) is 0 Å². The molecule has 0 radical (unpaired) electrons. The summed E-state index contributed by atoms with van der Waals surface area (Å²) in [6.07, 6.45) is 5.09. The van der Waals surface area contributed by atoms with Crippen molar-refractivity contribution < 1.29 is 8.42 Å². The van der Waals surface area contributed by atoms with Gasteiger partial charge in [0, 0.05) is 25.4 Å². The molecule has 2 heterocycles. The highest BCUT2D eigenvalue weighted by Crippen LogP contribution is 2.35. The first-order valence-corrected chi connectivity index (χ1v) is 9.01. The van der Waals surface area contributed by atoms with Crippen LogP contribution in [0.2, 0.25) is 0 Å². The molecule has 2 fully saturated rings. The van der Waals surface area contributed by atoms with Gasteiger partial charge in [0.25, 0.3) is 0 Å². The maximum absolute atomic E-state index is 11.6. The Bertz CT molecular complexity index is 356. The molecule has 1 N–H and O–H groups in total. The molecule has 106 valence electrons. The Balaban J connectivity index is 1.87. The standard InChI is InChI=1S/C13H26N2O2S/c1-2-18(16,17)10-9-15-8-4-6-13(12-15)5-3-7-14-11-13/h14H,2-12H2,1H3. The van der Waals surface area contributed by atoms with Gasteiger partial charge in [-0.3, -0.25) is 0 Å². The van der Waals surface area contributed by atoms with Crippen molar-refractivity contribution in [1.29, 1.82) is 0 Å². The number of rotatable bonds is 4. The van der Waals surface area contributed by atoms with Crippen molar-refractivity contribution >= 4 is 9.84 Å². The first-order valence-electron chi connectivity index (χ1n) is 7.19. The van der Waals surface area contributed by atoms with E-state index in [1.165, 1.54) is 25.7 Å². The van der Waals surface area contributed by atoms with Gasteiger partial charge in [0.05, 0.1) is 5.75 Å². The molecule has 0 amide bonds. The largest absolute Gasteiger partial charge is 0.316 e. The molecule has 2 aliphatic heterocycles. The zero-order chi connectivity index (χ0) is 13.1. The lowest BCUT2D eigenvalue weighted by atomic mass is 9.74. The summed E-state index contributed by atoms with van der Waals surface area (Å²) >= 11 is 0. The van der Waals surface area contributed by atoms with Crippen molar-refractivity contribution in [2.75, 3.05) is 44.2 Å². The van der Waals surface area contributed by atoms with E-state index in [0.29, 0.717) is 11.2 Å². The Labute approximate surface area is 111 Å². The summed E-state index contributed by atoms with van der Waals surface area (Å²) in [4.78, 5) is 2.36. The molecular formula is C13H26N2O2S. The molecule has 5 heteroatoms. The topological polar surface area (TPSA) is 49.4 Å². The van der Waals surface area contributed by atoms with Crippen LogP contribution >= 0.6 is 0 Å². The summed E-state index contributed by atoms with van der Waals surface area (Å²) in [6.45, 7) is 6.87. The van der Waals surface area contributed by atoms with Crippen LogP contribution < -0.4 is 5.32 Å². The number of nitrogens with one attached hydrogen (secondary N) is 1. The van der Waals surface area contributed by atoms with Crippen molar-refractivity contribution in [3.05, 3.63) is 0 Å². The number of likely N-dealkylation sites (tertiary alicyclic amines) is 1. The van der Waals surface area contributed by atoms with Gasteiger partial charge >= 0.3 is 0 Å². The van der Waals surface area contributed by atoms with E-state index in [1.807, 2.05) is 0 Å². The third kappa shape index (κ3) is 3.68. The van der Waals surface area contributed by atoms with E-state index in [1.54, 1.807) is 6.92 Å². The highest BCUT2D eigenvalue weighted by Gasteiger charge is 2.36. The molecule has 0 aromatic carbocycles. The van der Waals surface area contributed by atoms with Crippen LogP contribution in [0, 0.1) is 5.41 Å². The van der Waals surface area contributed by atoms with Crippen molar-refractivity contribution in [2.45, 2.75) is 32.6 Å². The molecule has 0 bridgehead atoms. The lowest BCUT2D eigenvalue weighted by Crippen LogP contribution is -2.51. The number of sulfone groups is 1. The molecule has 2 aliphatic rings. The predicted molar refractivity (Wildman–Crippen MR) is 74.5 cm³/mol. The Morgan fingerprint density at radius 2 is 2.06 bits per heavy atom. The van der Waals surface area contributed by atoms with Crippen LogP contribution in [0.5, 0.6) is 0 Å². The third-order valence-electron chi connectivity index (χ3n) is 4.46. The fraction of sp³-hybridized carbons (Fsp3) is 1.00. The number of hydrogen-bond acceptors (Lipinski definition) is 4. The van der Waals surface area contributed by atoms with Crippen LogP contribution in [0.25, 0.3) is 0 Å². The Kier molecular flexibility index (Phi) is 4.67. The van der Waals surface area contributed by atoms with E-state index in [9.17, 15) is 8.42 Å². The molecule has 0 saturated carbocycles. The van der Waals surface area contributed by atoms with E-state index in [4.69, 9.17) is 0 Å². The second-order valence-corrected chi connectivity index (χ2v) is 8.37. The van der Waals surface area contributed by atoms with Crippen LogP contribution in [0.15, 0.2) is 0 Å². The molecule has 0 aliphatic carbocycles. The highest BCUT2D eigenvalue weighted by molar-refractivity contribution is 7.91. The smallest absolute Gasteiger partial charge is 0.151 e. The average molecular weight is 274 g/mol. The zero-order valence-corrected chi connectivity index (χ0v) is 12.3. The fourth-order valence-electron chi connectivity index (χ4n) is 3.29. The van der Waals surface area contributed by atoms with E-state index in [0.717, 1.165) is 32.7 Å². The monoisotopic (exact) mass is 274 g/mol. The summed E-state index contributed by atoms with van der Waals surface area (Å²) in [5, 5.41) is 3.50. The average Bonchev–Trinajstić information content (AvgIpc) is 2.38. The SMILES string of the molecule is CCS(=O)(=O)CCN1CCCC2(CCCNC2)C1. The minimum Gasteiger partial charge on any atom is -0.316 e. The second-order valence-electron chi connectivity index (χ2n) is 5.90. The molecule has 2 rings (SSSR count). The minimum absolute atomic E-state index is 0.271. The van der Waals surface area contributed by atoms with Gasteiger partial charge in [0.15, 0.2) is 9.84 Å². The molecule has 18 heavy (non-hydrogen) atoms. The Morgan fingerprint density at radius 1 is 1.28 bits per heavy atom. The number of nitrogens with zero attached hydrogens (tertiary/aromatic N) is 1. The van der Waals surface area contributed by atoms with Crippen molar-refractivity contribution in [3.63, 3.8) is 0 Å². The van der Waals surface area contributed by atoms with Gasteiger partial charge in [-0.05, 0) is 44.2 Å². The van der Waals surface area contributed by atoms with Gasteiger partial charge in [0.2, 0.25) is 0 Å². The Hall–Kier alpha value is -0.130. The van der Waals surface area contributed by atoms with Gasteiger partial charge < -0.3 is 10.2 Å². The maximum atomic E-state index is 11.6. The highest BCUT2D eigenvalue weighted by atomic mass is 32.2. The van der Waals surface area contributed by atoms with Crippen LogP contribution in [-0.4, -0.2) is 57.5 Å². The maximum Gasteiger partial charge on any atom is 0.151 e. The summed E-state index contributed by atoms with van der Waals surface area (Å²) in [7, 11) is -2.82. The van der Waals surface area contributed by atoms with Crippen LogP contribution in [0.1, 0.15) is 32.6 Å². The van der Waals surface area contributed by atoms with Gasteiger partial charge in [-0.25, -0.2) is 8.42 Å². The summed E-state index contributed by atoms with van der Waals surface area (Å²) in [5.74, 6) is 0.598. The van der Waals surface area contributed by atoms with Crippen LogP contribution in [-0.2, 0) is 9.84 Å². The summed E-state index contributed by atoms with van der Waals surface area (Å²) < 4.78 is 23.1. The summed E-state index contributed by atoms with van der Waals surface area (Å²) in [5.41, 5.74) is 0.423. The van der Waals surface area contributed by atoms with Gasteiger partial charge in [0.1, 0.15) is 0 Å². The normalized spacial score (nSPS) is 30.7. The first kappa shape index (κ1) is 14.3. The van der Waals surface area contributed by atoms with E-state index < -0.39 is 9.84 Å².